The summed E-state index contributed by atoms with van der Waals surface area (Å²) in [5, 5.41) is 20.9. The minimum atomic E-state index is -4.64. The van der Waals surface area contributed by atoms with Gasteiger partial charge in [0.1, 0.15) is 6.04 Å². The molecule has 52 heavy (non-hydrogen) atoms. The lowest BCUT2D eigenvalue weighted by Gasteiger charge is -2.19. The number of aliphatic carboxylic acids is 1. The van der Waals surface area contributed by atoms with Gasteiger partial charge in [-0.25, -0.2) is 9.78 Å². The summed E-state index contributed by atoms with van der Waals surface area (Å²) in [7, 11) is 0. The van der Waals surface area contributed by atoms with E-state index in [0.29, 0.717) is 36.4 Å². The lowest BCUT2D eigenvalue weighted by atomic mass is 10.1. The predicted molar refractivity (Wildman–Crippen MR) is 180 cm³/mol. The molecule has 1 aliphatic rings. The number of hydrogen-bond acceptors (Lipinski definition) is 11. The molecule has 2 aromatic carbocycles. The molecule has 2 aromatic heterocycles. The van der Waals surface area contributed by atoms with E-state index in [9.17, 15) is 37.5 Å². The van der Waals surface area contributed by atoms with Crippen molar-refractivity contribution in [3.8, 4) is 6.01 Å². The Morgan fingerprint density at radius 1 is 1.00 bits per heavy atom. The molecule has 1 aliphatic carbocycles. The molecule has 19 heteroatoms. The lowest BCUT2D eigenvalue weighted by molar-refractivity contribution is -0.154. The molecular formula is C33H33ClF3N9O6. The molecule has 0 aliphatic heterocycles. The van der Waals surface area contributed by atoms with E-state index in [1.165, 1.54) is 30.6 Å². The monoisotopic (exact) mass is 743 g/mol. The topological polar surface area (TPSA) is 213 Å². The Balaban J connectivity index is 1.17. The molecule has 1 fully saturated rings. The van der Waals surface area contributed by atoms with Gasteiger partial charge < -0.3 is 36.1 Å². The second-order valence-electron chi connectivity index (χ2n) is 11.8. The number of nitrogens with zero attached hydrogens (tertiary/aromatic N) is 4. The summed E-state index contributed by atoms with van der Waals surface area (Å²) in [6.45, 7) is -1.80. The highest BCUT2D eigenvalue weighted by Gasteiger charge is 2.45. The van der Waals surface area contributed by atoms with Crippen molar-refractivity contribution in [2.75, 3.05) is 23.8 Å². The van der Waals surface area contributed by atoms with Gasteiger partial charge in [-0.2, -0.15) is 28.1 Å². The van der Waals surface area contributed by atoms with Crippen molar-refractivity contribution in [3.05, 3.63) is 82.9 Å². The van der Waals surface area contributed by atoms with E-state index in [1.54, 1.807) is 18.3 Å². The Morgan fingerprint density at radius 2 is 1.71 bits per heavy atom. The number of nitrogens with one attached hydrogen (secondary N) is 5. The smallest absolute Gasteiger partial charge is 0.422 e. The fraction of sp³-hybridized carbons (Fsp3) is 0.333. The third kappa shape index (κ3) is 10.9. The highest BCUT2D eigenvalue weighted by atomic mass is 35.5. The predicted octanol–water partition coefficient (Wildman–Crippen LogP) is 4.32. The van der Waals surface area contributed by atoms with E-state index >= 15 is 0 Å². The van der Waals surface area contributed by atoms with Gasteiger partial charge in [-0.15, -0.1) is 0 Å². The van der Waals surface area contributed by atoms with Crippen LogP contribution in [-0.2, 0) is 26.3 Å². The number of aryl methyl sites for hydroxylation is 1. The van der Waals surface area contributed by atoms with Gasteiger partial charge in [0.05, 0.1) is 11.9 Å². The average Bonchev–Trinajstić information content (AvgIpc) is 3.68. The highest BCUT2D eigenvalue weighted by molar-refractivity contribution is 6.36. The SMILES string of the molecule is O=C(CCCc1cnc[nH]1)C(=O)NCC[C@H](NC(=O)c1ccc(Nc2nc(NC3(c4ccc(Cl)cc4)CC3)nc(OCC(F)(F)F)n2)cc1)C(=O)O. The molecule has 4 aromatic rings. The van der Waals surface area contributed by atoms with Crippen molar-refractivity contribution in [1.29, 1.82) is 0 Å². The van der Waals surface area contributed by atoms with Gasteiger partial charge >= 0.3 is 18.2 Å². The van der Waals surface area contributed by atoms with Gasteiger partial charge in [-0.3, -0.25) is 14.4 Å². The lowest BCUT2D eigenvalue weighted by Crippen LogP contribution is -2.43. The third-order valence-corrected chi connectivity index (χ3v) is 8.11. The molecule has 2 amide bonds. The average molecular weight is 744 g/mol. The number of H-pyrrole nitrogens is 1. The minimum absolute atomic E-state index is 0.00183. The Kier molecular flexibility index (Phi) is 11.9. The van der Waals surface area contributed by atoms with Crippen molar-refractivity contribution < 1.29 is 42.2 Å². The highest BCUT2D eigenvalue weighted by Crippen LogP contribution is 2.48. The summed E-state index contributed by atoms with van der Waals surface area (Å²) in [5.74, 6) is -3.77. The molecule has 5 rings (SSSR count). The molecule has 6 N–H and O–H groups in total. The fourth-order valence-electron chi connectivity index (χ4n) is 5.01. The van der Waals surface area contributed by atoms with E-state index in [0.717, 1.165) is 11.3 Å². The van der Waals surface area contributed by atoms with E-state index < -0.39 is 53.9 Å². The Bertz CT molecular complexity index is 1870. The molecule has 1 atom stereocenters. The molecular weight excluding hydrogens is 711 g/mol. The number of carboxylic acid groups (broad SMARTS) is 1. The molecule has 15 nitrogen and oxygen atoms in total. The molecule has 0 bridgehead atoms. The molecule has 0 spiro atoms. The van der Waals surface area contributed by atoms with Crippen LogP contribution in [0.1, 0.15) is 53.7 Å². The largest absolute Gasteiger partial charge is 0.480 e. The van der Waals surface area contributed by atoms with Gasteiger partial charge in [0, 0.05) is 41.1 Å². The number of Topliss-reactive ketones (excluding diaryl/α,β-unsaturated/α-hetero) is 1. The van der Waals surface area contributed by atoms with E-state index in [1.807, 2.05) is 12.1 Å². The summed E-state index contributed by atoms with van der Waals surface area (Å²) in [5.41, 5.74) is 1.57. The van der Waals surface area contributed by atoms with Crippen LogP contribution in [-0.4, -0.2) is 79.0 Å². The number of aromatic nitrogens is 5. The number of alkyl halides is 3. The number of hydrogen-bond donors (Lipinski definition) is 6. The van der Waals surface area contributed by atoms with Crippen LogP contribution < -0.4 is 26.0 Å². The van der Waals surface area contributed by atoms with Gasteiger partial charge in [0.25, 0.3) is 11.8 Å². The first-order valence-corrected chi connectivity index (χ1v) is 16.4. The van der Waals surface area contributed by atoms with E-state index in [-0.39, 0.29) is 36.8 Å². The molecule has 1 saturated carbocycles. The number of carbonyl (C=O) groups excluding carboxylic acids is 3. The van der Waals surface area contributed by atoms with Crippen LogP contribution in [0.5, 0.6) is 6.01 Å². The number of amides is 2. The molecule has 0 radical (unpaired) electrons. The number of anilines is 3. The van der Waals surface area contributed by atoms with Crippen LogP contribution in [0, 0.1) is 0 Å². The summed E-state index contributed by atoms with van der Waals surface area (Å²) in [6.07, 6.45) is 0.662. The van der Waals surface area contributed by atoms with Crippen molar-refractivity contribution in [2.45, 2.75) is 56.3 Å². The molecule has 2 heterocycles. The van der Waals surface area contributed by atoms with Crippen molar-refractivity contribution in [3.63, 3.8) is 0 Å². The quantitative estimate of drug-likeness (QED) is 0.0787. The number of rotatable bonds is 18. The number of carboxylic acids is 1. The van der Waals surface area contributed by atoms with Crippen molar-refractivity contribution in [1.82, 2.24) is 35.6 Å². The standard InChI is InChI=1S/C33H33ClF3N9O6/c34-21-8-6-20(7-9-21)32(13-14-32)46-30-43-29(44-31(45-30)52-17-33(35,36)37)41-22-10-4-19(5-11-22)26(48)42-24(28(50)51)12-15-39-27(49)25(47)3-1-2-23-16-38-18-40-23/h4-11,16,18,24H,1-3,12-15,17H2,(H,38,40)(H,39,49)(H,42,48)(H,50,51)(H2,41,43,44,45,46)/t24-/m0/s1. The number of aromatic amines is 1. The summed E-state index contributed by atoms with van der Waals surface area (Å²) in [4.78, 5) is 68.0. The zero-order valence-corrected chi connectivity index (χ0v) is 28.1. The van der Waals surface area contributed by atoms with Crippen LogP contribution >= 0.6 is 11.6 Å². The van der Waals surface area contributed by atoms with E-state index in [4.69, 9.17) is 16.3 Å². The first-order chi connectivity index (χ1) is 24.8. The Labute approximate surface area is 299 Å². The molecule has 0 saturated heterocycles. The normalized spacial score (nSPS) is 13.8. The van der Waals surface area contributed by atoms with E-state index in [2.05, 4.69) is 46.2 Å². The number of halogens is 4. The Morgan fingerprint density at radius 3 is 2.35 bits per heavy atom. The molecule has 0 unspecified atom stereocenters. The number of benzene rings is 2. The summed E-state index contributed by atoms with van der Waals surface area (Å²) in [6, 6.07) is 10.8. The Hall–Kier alpha value is -5.78. The summed E-state index contributed by atoms with van der Waals surface area (Å²) < 4.78 is 43.5. The maximum Gasteiger partial charge on any atom is 0.422 e. The maximum atomic E-state index is 12.9. The second-order valence-corrected chi connectivity index (χ2v) is 12.3. The number of ketones is 1. The maximum absolute atomic E-state index is 12.9. The first-order valence-electron chi connectivity index (χ1n) is 16.0. The van der Waals surface area contributed by atoms with Crippen molar-refractivity contribution in [2.24, 2.45) is 0 Å². The van der Waals surface area contributed by atoms with Crippen LogP contribution in [0.15, 0.2) is 61.1 Å². The van der Waals surface area contributed by atoms with Crippen LogP contribution in [0.3, 0.4) is 0 Å². The minimum Gasteiger partial charge on any atom is -0.480 e. The third-order valence-electron chi connectivity index (χ3n) is 7.86. The second kappa shape index (κ2) is 16.5. The zero-order valence-electron chi connectivity index (χ0n) is 27.3. The fourth-order valence-corrected chi connectivity index (χ4v) is 5.13. The number of carbonyl (C=O) groups is 4. The van der Waals surface area contributed by atoms with Crippen LogP contribution in [0.4, 0.5) is 30.8 Å². The number of ether oxygens (including phenoxy) is 1. The van der Waals surface area contributed by atoms with Crippen LogP contribution in [0.25, 0.3) is 0 Å². The first kappa shape index (κ1) is 37.5. The van der Waals surface area contributed by atoms with Crippen LogP contribution in [0.2, 0.25) is 5.02 Å². The molecule has 274 valence electrons. The number of imidazole rings is 1. The zero-order chi connectivity index (χ0) is 37.3. The van der Waals surface area contributed by atoms with Gasteiger partial charge in [0.2, 0.25) is 17.7 Å². The van der Waals surface area contributed by atoms with Gasteiger partial charge in [-0.05, 0) is 74.1 Å². The van der Waals surface area contributed by atoms with Crippen molar-refractivity contribution >= 4 is 52.8 Å². The summed E-state index contributed by atoms with van der Waals surface area (Å²) >= 11 is 6.01. The van der Waals surface area contributed by atoms with Gasteiger partial charge in [-0.1, -0.05) is 23.7 Å². The van der Waals surface area contributed by atoms with Gasteiger partial charge in [0.15, 0.2) is 6.61 Å².